The summed E-state index contributed by atoms with van der Waals surface area (Å²) in [4.78, 5) is 18.6. The minimum atomic E-state index is -0.0269. The third-order valence-electron chi connectivity index (χ3n) is 3.40. The number of aryl methyl sites for hydroxylation is 1. The molecule has 23 heavy (non-hydrogen) atoms. The predicted octanol–water partition coefficient (Wildman–Crippen LogP) is 3.02. The van der Waals surface area contributed by atoms with E-state index in [9.17, 15) is 4.79 Å². The van der Waals surface area contributed by atoms with Gasteiger partial charge in [0, 0.05) is 16.6 Å². The molecule has 124 valence electrons. The molecule has 5 nitrogen and oxygen atoms in total. The van der Waals surface area contributed by atoms with Crippen molar-refractivity contribution in [2.45, 2.75) is 19.8 Å². The van der Waals surface area contributed by atoms with E-state index in [2.05, 4.69) is 31.1 Å². The molecular weight excluding hydrogens is 358 g/mol. The Labute approximate surface area is 145 Å². The van der Waals surface area contributed by atoms with E-state index >= 15 is 0 Å². The molecule has 0 aliphatic rings. The molecule has 1 N–H and O–H groups in total. The Hall–Kier alpha value is -1.66. The van der Waals surface area contributed by atoms with E-state index in [0.717, 1.165) is 23.0 Å². The predicted molar refractivity (Wildman–Crippen MR) is 94.3 cm³/mol. The Bertz CT molecular complexity index is 668. The van der Waals surface area contributed by atoms with Gasteiger partial charge in [0.25, 0.3) is 0 Å². The normalized spacial score (nSPS) is 11.0. The van der Waals surface area contributed by atoms with Crippen LogP contribution in [0.1, 0.15) is 17.9 Å². The van der Waals surface area contributed by atoms with Crippen LogP contribution < -0.4 is 5.32 Å². The van der Waals surface area contributed by atoms with Gasteiger partial charge in [-0.1, -0.05) is 22.0 Å². The quantitative estimate of drug-likeness (QED) is 0.751. The molecule has 0 atom stereocenters. The van der Waals surface area contributed by atoms with Gasteiger partial charge in [0.2, 0.25) is 11.8 Å². The van der Waals surface area contributed by atoms with Gasteiger partial charge < -0.3 is 14.6 Å². The van der Waals surface area contributed by atoms with Gasteiger partial charge in [-0.2, -0.15) is 0 Å². The lowest BCUT2D eigenvalue weighted by molar-refractivity contribution is -0.120. The van der Waals surface area contributed by atoms with Gasteiger partial charge >= 0.3 is 0 Å². The zero-order chi connectivity index (χ0) is 16.8. The summed E-state index contributed by atoms with van der Waals surface area (Å²) in [6.45, 7) is 3.46. The van der Waals surface area contributed by atoms with Gasteiger partial charge in [-0.25, -0.2) is 4.98 Å². The van der Waals surface area contributed by atoms with E-state index in [0.29, 0.717) is 23.9 Å². The highest BCUT2D eigenvalue weighted by molar-refractivity contribution is 9.10. The smallest absolute Gasteiger partial charge is 0.226 e. The van der Waals surface area contributed by atoms with Crippen LogP contribution in [-0.2, 0) is 11.2 Å². The fourth-order valence-corrected chi connectivity index (χ4v) is 2.57. The zero-order valence-electron chi connectivity index (χ0n) is 13.7. The molecule has 0 bridgehead atoms. The summed E-state index contributed by atoms with van der Waals surface area (Å²) in [7, 11) is 4.04. The second-order valence-corrected chi connectivity index (χ2v) is 6.63. The number of carbonyl (C=O) groups is 1. The average molecular weight is 380 g/mol. The van der Waals surface area contributed by atoms with Crippen molar-refractivity contribution >= 4 is 21.8 Å². The first kappa shape index (κ1) is 17.7. The molecule has 0 spiro atoms. The molecule has 0 aliphatic heterocycles. The zero-order valence-corrected chi connectivity index (χ0v) is 15.3. The molecule has 0 fully saturated rings. The fraction of sp³-hybridized carbons (Fsp3) is 0.412. The molecule has 0 unspecified atom stereocenters. The first-order valence-electron chi connectivity index (χ1n) is 7.59. The molecule has 1 amide bonds. The van der Waals surface area contributed by atoms with Crippen molar-refractivity contribution in [2.24, 2.45) is 0 Å². The lowest BCUT2D eigenvalue weighted by Crippen LogP contribution is -2.28. The Balaban J connectivity index is 1.95. The van der Waals surface area contributed by atoms with Gasteiger partial charge in [-0.15, -0.1) is 0 Å². The Kier molecular flexibility index (Phi) is 6.36. The van der Waals surface area contributed by atoms with E-state index in [1.807, 2.05) is 45.3 Å². The molecule has 1 heterocycles. The van der Waals surface area contributed by atoms with Crippen LogP contribution in [0.15, 0.2) is 33.2 Å². The Morgan fingerprint density at radius 2 is 2.17 bits per heavy atom. The van der Waals surface area contributed by atoms with Crippen molar-refractivity contribution in [3.63, 3.8) is 0 Å². The van der Waals surface area contributed by atoms with E-state index in [1.165, 1.54) is 0 Å². The van der Waals surface area contributed by atoms with E-state index in [4.69, 9.17) is 4.42 Å². The van der Waals surface area contributed by atoms with Crippen molar-refractivity contribution in [3.8, 4) is 11.5 Å². The Morgan fingerprint density at radius 3 is 2.87 bits per heavy atom. The standard InChI is InChI=1S/C17H22BrN3O2/c1-12-15(11-16(22)19-8-5-9-21(2)3)20-17(23-12)13-6-4-7-14(18)10-13/h4,6-7,10H,5,8-9,11H2,1-3H3,(H,19,22). The number of nitrogens with zero attached hydrogens (tertiary/aromatic N) is 2. The number of amides is 1. The molecule has 0 radical (unpaired) electrons. The first-order chi connectivity index (χ1) is 11.0. The van der Waals surface area contributed by atoms with Crippen molar-refractivity contribution < 1.29 is 9.21 Å². The third-order valence-corrected chi connectivity index (χ3v) is 3.89. The van der Waals surface area contributed by atoms with Crippen LogP contribution in [0.25, 0.3) is 11.5 Å². The maximum Gasteiger partial charge on any atom is 0.226 e. The first-order valence-corrected chi connectivity index (χ1v) is 8.38. The van der Waals surface area contributed by atoms with Crippen molar-refractivity contribution in [1.82, 2.24) is 15.2 Å². The lowest BCUT2D eigenvalue weighted by Gasteiger charge is -2.09. The monoisotopic (exact) mass is 379 g/mol. The number of hydrogen-bond acceptors (Lipinski definition) is 4. The van der Waals surface area contributed by atoms with Gasteiger partial charge in [0.05, 0.1) is 12.1 Å². The molecule has 6 heteroatoms. The molecule has 2 aromatic rings. The summed E-state index contributed by atoms with van der Waals surface area (Å²) >= 11 is 3.43. The Morgan fingerprint density at radius 1 is 1.39 bits per heavy atom. The maximum atomic E-state index is 12.0. The fourth-order valence-electron chi connectivity index (χ4n) is 2.17. The van der Waals surface area contributed by atoms with Crippen LogP contribution in [0.4, 0.5) is 0 Å². The second-order valence-electron chi connectivity index (χ2n) is 5.72. The van der Waals surface area contributed by atoms with Gasteiger partial charge in [0.15, 0.2) is 0 Å². The second kappa shape index (κ2) is 8.26. The van der Waals surface area contributed by atoms with Crippen molar-refractivity contribution in [2.75, 3.05) is 27.2 Å². The highest BCUT2D eigenvalue weighted by Gasteiger charge is 2.14. The van der Waals surface area contributed by atoms with E-state index in [1.54, 1.807) is 0 Å². The number of nitrogens with one attached hydrogen (secondary N) is 1. The molecule has 0 saturated heterocycles. The third kappa shape index (κ3) is 5.48. The highest BCUT2D eigenvalue weighted by atomic mass is 79.9. The number of rotatable bonds is 7. The summed E-state index contributed by atoms with van der Waals surface area (Å²) in [5.74, 6) is 1.20. The summed E-state index contributed by atoms with van der Waals surface area (Å²) in [5, 5.41) is 2.92. The summed E-state index contributed by atoms with van der Waals surface area (Å²) in [6.07, 6.45) is 1.17. The van der Waals surface area contributed by atoms with E-state index in [-0.39, 0.29) is 12.3 Å². The highest BCUT2D eigenvalue weighted by Crippen LogP contribution is 2.24. The minimum absolute atomic E-state index is 0.0269. The van der Waals surface area contributed by atoms with Crippen molar-refractivity contribution in [1.29, 1.82) is 0 Å². The van der Waals surface area contributed by atoms with Gasteiger partial charge in [0.1, 0.15) is 5.76 Å². The van der Waals surface area contributed by atoms with Crippen LogP contribution >= 0.6 is 15.9 Å². The average Bonchev–Trinajstić information content (AvgIpc) is 2.85. The van der Waals surface area contributed by atoms with E-state index < -0.39 is 0 Å². The summed E-state index contributed by atoms with van der Waals surface area (Å²) in [5.41, 5.74) is 1.57. The molecule has 0 aliphatic carbocycles. The van der Waals surface area contributed by atoms with Crippen LogP contribution in [0, 0.1) is 6.92 Å². The lowest BCUT2D eigenvalue weighted by atomic mass is 10.2. The van der Waals surface area contributed by atoms with Crippen LogP contribution in [0.2, 0.25) is 0 Å². The number of carbonyl (C=O) groups excluding carboxylic acids is 1. The maximum absolute atomic E-state index is 12.0. The number of halogens is 1. The molecule has 1 aromatic heterocycles. The van der Waals surface area contributed by atoms with Gasteiger partial charge in [-0.3, -0.25) is 4.79 Å². The topological polar surface area (TPSA) is 58.4 Å². The molecule has 0 saturated carbocycles. The van der Waals surface area contributed by atoms with Gasteiger partial charge in [-0.05, 0) is 52.2 Å². The molecular formula is C17H22BrN3O2. The van der Waals surface area contributed by atoms with Crippen LogP contribution in [0.3, 0.4) is 0 Å². The molecule has 1 aromatic carbocycles. The largest absolute Gasteiger partial charge is 0.441 e. The van der Waals surface area contributed by atoms with Crippen molar-refractivity contribution in [3.05, 3.63) is 40.2 Å². The number of oxazole rings is 1. The number of hydrogen-bond donors (Lipinski definition) is 1. The summed E-state index contributed by atoms with van der Waals surface area (Å²) < 4.78 is 6.66. The SMILES string of the molecule is Cc1oc(-c2cccc(Br)c2)nc1CC(=O)NCCCN(C)C. The number of benzene rings is 1. The minimum Gasteiger partial charge on any atom is -0.441 e. The summed E-state index contributed by atoms with van der Waals surface area (Å²) in [6, 6.07) is 7.75. The molecule has 2 rings (SSSR count). The van der Waals surface area contributed by atoms with Crippen LogP contribution in [-0.4, -0.2) is 43.0 Å². The van der Waals surface area contributed by atoms with Crippen LogP contribution in [0.5, 0.6) is 0 Å². The number of aromatic nitrogens is 1.